The number of hydrogen-bond donors (Lipinski definition) is 2. The average molecular weight is 386 g/mol. The lowest BCUT2D eigenvalue weighted by molar-refractivity contribution is 0.152. The Morgan fingerprint density at radius 2 is 1.84 bits per heavy atom. The molecule has 6 heteroatoms. The van der Waals surface area contributed by atoms with Gasteiger partial charge in [0.1, 0.15) is 0 Å². The summed E-state index contributed by atoms with van der Waals surface area (Å²) in [6.45, 7) is 13.9. The Morgan fingerprint density at radius 1 is 1.21 bits per heavy atom. The van der Waals surface area contributed by atoms with E-state index in [-0.39, 0.29) is 24.0 Å². The van der Waals surface area contributed by atoms with E-state index in [1.165, 1.54) is 0 Å². The number of hydrogen-bond acceptors (Lipinski definition) is 3. The van der Waals surface area contributed by atoms with E-state index in [0.717, 1.165) is 38.7 Å². The molecule has 1 atom stereocenters. The number of ether oxygens (including phenoxy) is 1. The normalized spacial score (nSPS) is 13.1. The fourth-order valence-electron chi connectivity index (χ4n) is 1.83. The van der Waals surface area contributed by atoms with Gasteiger partial charge in [-0.25, -0.2) is 0 Å². The second kappa shape index (κ2) is 14.3. The van der Waals surface area contributed by atoms with E-state index < -0.39 is 0 Å². The molecule has 0 heterocycles. The summed E-state index contributed by atoms with van der Waals surface area (Å²) in [5.41, 5.74) is 0. The van der Waals surface area contributed by atoms with Crippen LogP contribution >= 0.6 is 24.0 Å². The lowest BCUT2D eigenvalue weighted by atomic mass is 10.3. The predicted molar refractivity (Wildman–Crippen MR) is 93.7 cm³/mol. The van der Waals surface area contributed by atoms with Crippen LogP contribution in [0.4, 0.5) is 0 Å². The van der Waals surface area contributed by atoms with Gasteiger partial charge in [0.2, 0.25) is 0 Å². The van der Waals surface area contributed by atoms with Crippen LogP contribution in [-0.2, 0) is 4.74 Å². The maximum Gasteiger partial charge on any atom is 0.191 e. The van der Waals surface area contributed by atoms with E-state index in [2.05, 4.69) is 41.3 Å². The summed E-state index contributed by atoms with van der Waals surface area (Å²) in [6, 6.07) is 0.505. The molecule has 0 saturated carbocycles. The van der Waals surface area contributed by atoms with Gasteiger partial charge in [0.25, 0.3) is 0 Å². The van der Waals surface area contributed by atoms with E-state index in [9.17, 15) is 0 Å². The molecule has 0 amide bonds. The lowest BCUT2D eigenvalue weighted by Gasteiger charge is -2.27. The molecule has 0 radical (unpaired) electrons. The van der Waals surface area contributed by atoms with Gasteiger partial charge in [0.15, 0.2) is 5.96 Å². The zero-order valence-electron chi connectivity index (χ0n) is 13.0. The van der Waals surface area contributed by atoms with Crippen LogP contribution in [0.15, 0.2) is 4.99 Å². The first-order valence-corrected chi connectivity index (χ1v) is 6.95. The van der Waals surface area contributed by atoms with Gasteiger partial charge in [-0.15, -0.1) is 24.0 Å². The van der Waals surface area contributed by atoms with Crippen LogP contribution in [0.5, 0.6) is 0 Å². The Kier molecular flexibility index (Phi) is 16.0. The van der Waals surface area contributed by atoms with Crippen molar-refractivity contribution < 1.29 is 4.74 Å². The van der Waals surface area contributed by atoms with E-state index in [4.69, 9.17) is 4.74 Å². The van der Waals surface area contributed by atoms with Crippen LogP contribution in [0.2, 0.25) is 0 Å². The van der Waals surface area contributed by atoms with E-state index >= 15 is 0 Å². The minimum absolute atomic E-state index is 0. The number of nitrogens with zero attached hydrogens (tertiary/aromatic N) is 2. The second-order valence-electron chi connectivity index (χ2n) is 4.15. The van der Waals surface area contributed by atoms with E-state index in [1.54, 1.807) is 7.05 Å². The van der Waals surface area contributed by atoms with Crippen LogP contribution in [-0.4, -0.2) is 63.3 Å². The fourth-order valence-corrected chi connectivity index (χ4v) is 1.83. The molecule has 0 aromatic heterocycles. The lowest BCUT2D eigenvalue weighted by Crippen LogP contribution is -2.46. The summed E-state index contributed by atoms with van der Waals surface area (Å²) >= 11 is 0. The van der Waals surface area contributed by atoms with Crippen molar-refractivity contribution >= 4 is 29.9 Å². The molecular weight excluding hydrogens is 355 g/mol. The Hall–Kier alpha value is -0.0800. The van der Waals surface area contributed by atoms with Gasteiger partial charge >= 0.3 is 0 Å². The molecule has 0 aliphatic heterocycles. The number of rotatable bonds is 9. The topological polar surface area (TPSA) is 48.9 Å². The molecule has 0 spiro atoms. The van der Waals surface area contributed by atoms with Crippen molar-refractivity contribution in [2.24, 2.45) is 4.99 Å². The minimum Gasteiger partial charge on any atom is -0.380 e. The van der Waals surface area contributed by atoms with Crippen molar-refractivity contribution in [3.05, 3.63) is 0 Å². The van der Waals surface area contributed by atoms with Gasteiger partial charge < -0.3 is 15.4 Å². The van der Waals surface area contributed by atoms with Gasteiger partial charge in [0, 0.05) is 32.8 Å². The quantitative estimate of drug-likeness (QED) is 0.273. The molecule has 0 aliphatic rings. The minimum atomic E-state index is 0. The fraction of sp³-hybridized carbons (Fsp3) is 0.923. The molecule has 1 unspecified atom stereocenters. The first kappa shape index (κ1) is 21.2. The van der Waals surface area contributed by atoms with Crippen molar-refractivity contribution in [2.75, 3.05) is 46.4 Å². The van der Waals surface area contributed by atoms with Crippen molar-refractivity contribution in [3.8, 4) is 0 Å². The van der Waals surface area contributed by atoms with Gasteiger partial charge in [-0.3, -0.25) is 9.89 Å². The SMILES string of the molecule is CCOCCNC(=NC)NCC(C)N(CC)CC.I. The average Bonchev–Trinajstić information content (AvgIpc) is 2.39. The predicted octanol–water partition coefficient (Wildman–Crippen LogP) is 1.54. The maximum absolute atomic E-state index is 5.27. The molecule has 2 N–H and O–H groups in total. The van der Waals surface area contributed by atoms with Gasteiger partial charge in [-0.2, -0.15) is 0 Å². The summed E-state index contributed by atoms with van der Waals surface area (Å²) < 4.78 is 5.27. The third-order valence-corrected chi connectivity index (χ3v) is 2.97. The van der Waals surface area contributed by atoms with Crippen molar-refractivity contribution in [1.29, 1.82) is 0 Å². The highest BCUT2D eigenvalue weighted by molar-refractivity contribution is 14.0. The molecule has 0 aromatic rings. The smallest absolute Gasteiger partial charge is 0.191 e. The summed E-state index contributed by atoms with van der Waals surface area (Å²) in [5.74, 6) is 0.841. The van der Waals surface area contributed by atoms with Crippen LogP contribution in [0.25, 0.3) is 0 Å². The van der Waals surface area contributed by atoms with E-state index in [1.807, 2.05) is 6.92 Å². The van der Waals surface area contributed by atoms with Gasteiger partial charge in [-0.05, 0) is 26.9 Å². The molecule has 5 nitrogen and oxygen atoms in total. The summed E-state index contributed by atoms with van der Waals surface area (Å²) in [4.78, 5) is 6.61. The third kappa shape index (κ3) is 10.4. The van der Waals surface area contributed by atoms with Crippen LogP contribution in [0.1, 0.15) is 27.7 Å². The highest BCUT2D eigenvalue weighted by atomic mass is 127. The Labute approximate surface area is 135 Å². The first-order valence-electron chi connectivity index (χ1n) is 6.95. The molecule has 0 fully saturated rings. The molecule has 0 saturated heterocycles. The van der Waals surface area contributed by atoms with Crippen LogP contribution in [0, 0.1) is 0 Å². The third-order valence-electron chi connectivity index (χ3n) is 2.97. The number of likely N-dealkylation sites (N-methyl/N-ethyl adjacent to an activating group) is 1. The number of aliphatic imine (C=N–C) groups is 1. The molecular formula is C13H31IN4O. The standard InChI is InChI=1S/C13H30N4O.HI/c1-6-17(7-2)12(4)11-16-13(14-5)15-9-10-18-8-3;/h12H,6-11H2,1-5H3,(H2,14,15,16);1H. The summed E-state index contributed by atoms with van der Waals surface area (Å²) in [5, 5.41) is 6.57. The molecule has 19 heavy (non-hydrogen) atoms. The largest absolute Gasteiger partial charge is 0.380 e. The molecule has 0 bridgehead atoms. The summed E-state index contributed by atoms with van der Waals surface area (Å²) in [7, 11) is 1.79. The van der Waals surface area contributed by atoms with Crippen LogP contribution < -0.4 is 10.6 Å². The Bertz CT molecular complexity index is 223. The highest BCUT2D eigenvalue weighted by Gasteiger charge is 2.09. The molecule has 0 aromatic carbocycles. The second-order valence-corrected chi connectivity index (χ2v) is 4.15. The molecule has 116 valence electrons. The molecule has 0 aliphatic carbocycles. The zero-order chi connectivity index (χ0) is 13.8. The molecule has 0 rings (SSSR count). The van der Waals surface area contributed by atoms with Gasteiger partial charge in [-0.1, -0.05) is 13.8 Å². The van der Waals surface area contributed by atoms with E-state index in [0.29, 0.717) is 12.6 Å². The monoisotopic (exact) mass is 386 g/mol. The Morgan fingerprint density at radius 3 is 2.32 bits per heavy atom. The van der Waals surface area contributed by atoms with Crippen molar-refractivity contribution in [3.63, 3.8) is 0 Å². The van der Waals surface area contributed by atoms with Gasteiger partial charge in [0.05, 0.1) is 6.61 Å². The van der Waals surface area contributed by atoms with Crippen molar-refractivity contribution in [1.82, 2.24) is 15.5 Å². The zero-order valence-corrected chi connectivity index (χ0v) is 15.4. The van der Waals surface area contributed by atoms with Crippen molar-refractivity contribution in [2.45, 2.75) is 33.7 Å². The number of halogens is 1. The summed E-state index contributed by atoms with van der Waals surface area (Å²) in [6.07, 6.45) is 0. The maximum atomic E-state index is 5.27. The Balaban J connectivity index is 0. The highest BCUT2D eigenvalue weighted by Crippen LogP contribution is 1.96. The van der Waals surface area contributed by atoms with Crippen LogP contribution in [0.3, 0.4) is 0 Å². The number of nitrogens with one attached hydrogen (secondary N) is 2. The number of guanidine groups is 1. The first-order chi connectivity index (χ1) is 8.69.